The van der Waals surface area contributed by atoms with Crippen LogP contribution in [-0.4, -0.2) is 41.8 Å². The van der Waals surface area contributed by atoms with E-state index >= 15 is 0 Å². The van der Waals surface area contributed by atoms with Gasteiger partial charge in [-0.25, -0.2) is 4.79 Å². The second-order valence-corrected chi connectivity index (χ2v) is 6.41. The molecule has 5 heteroatoms. The highest BCUT2D eigenvalue weighted by Crippen LogP contribution is 2.21. The number of likely N-dealkylation sites (tertiary alicyclic amines) is 1. The Morgan fingerprint density at radius 3 is 2.62 bits per heavy atom. The Morgan fingerprint density at radius 2 is 2.00 bits per heavy atom. The number of ether oxygens (including phenoxy) is 2. The third-order valence-corrected chi connectivity index (χ3v) is 3.26. The predicted molar refractivity (Wildman–Crippen MR) is 81.3 cm³/mol. The van der Waals surface area contributed by atoms with Gasteiger partial charge in [0, 0.05) is 12.6 Å². The van der Waals surface area contributed by atoms with Crippen molar-refractivity contribution in [2.75, 3.05) is 13.2 Å². The van der Waals surface area contributed by atoms with Gasteiger partial charge in [0.2, 0.25) is 0 Å². The average Bonchev–Trinajstić information content (AvgIpc) is 2.77. The van der Waals surface area contributed by atoms with Crippen LogP contribution in [0.1, 0.15) is 27.2 Å². The van der Waals surface area contributed by atoms with Gasteiger partial charge in [-0.15, -0.1) is 0 Å². The zero-order valence-corrected chi connectivity index (χ0v) is 12.9. The van der Waals surface area contributed by atoms with Gasteiger partial charge in [0.1, 0.15) is 18.0 Å². The molecule has 2 rings (SSSR count). The summed E-state index contributed by atoms with van der Waals surface area (Å²) in [6.45, 7) is 6.51. The van der Waals surface area contributed by atoms with Crippen molar-refractivity contribution in [1.29, 1.82) is 0 Å². The maximum atomic E-state index is 12.2. The standard InChI is InChI=1S/C16H24N2O3/c1-16(2,3)21-15(19)18-10-12(17)9-13(18)11-20-14-7-5-4-6-8-14/h4-8,12-13H,9-11,17H2,1-3H3/t12-,13+/m0/s1. The number of nitrogens with zero attached hydrogens (tertiary/aromatic N) is 1. The molecule has 0 radical (unpaired) electrons. The molecule has 1 aliphatic rings. The van der Waals surface area contributed by atoms with Gasteiger partial charge in [0.15, 0.2) is 0 Å². The lowest BCUT2D eigenvalue weighted by Gasteiger charge is -2.28. The second kappa shape index (κ2) is 6.35. The molecule has 0 aliphatic carbocycles. The fraction of sp³-hybridized carbons (Fsp3) is 0.562. The number of carbonyl (C=O) groups is 1. The summed E-state index contributed by atoms with van der Waals surface area (Å²) >= 11 is 0. The Balaban J connectivity index is 1.95. The van der Waals surface area contributed by atoms with Gasteiger partial charge in [-0.2, -0.15) is 0 Å². The summed E-state index contributed by atoms with van der Waals surface area (Å²) < 4.78 is 11.2. The molecule has 2 atom stereocenters. The van der Waals surface area contributed by atoms with Gasteiger partial charge in [0.05, 0.1) is 6.04 Å². The first-order valence-electron chi connectivity index (χ1n) is 7.28. The van der Waals surface area contributed by atoms with Gasteiger partial charge in [-0.3, -0.25) is 0 Å². The lowest BCUT2D eigenvalue weighted by atomic mass is 10.2. The van der Waals surface area contributed by atoms with Crippen LogP contribution in [0, 0.1) is 0 Å². The summed E-state index contributed by atoms with van der Waals surface area (Å²) in [6.07, 6.45) is 0.406. The highest BCUT2D eigenvalue weighted by atomic mass is 16.6. The Labute approximate surface area is 126 Å². The predicted octanol–water partition coefficient (Wildman–Crippen LogP) is 2.40. The van der Waals surface area contributed by atoms with E-state index in [0.29, 0.717) is 13.2 Å². The number of para-hydroxylation sites is 1. The first kappa shape index (κ1) is 15.6. The SMILES string of the molecule is CC(C)(C)OC(=O)N1C[C@@H](N)C[C@@H]1COc1ccccc1. The summed E-state index contributed by atoms with van der Waals surface area (Å²) in [4.78, 5) is 13.9. The first-order valence-corrected chi connectivity index (χ1v) is 7.28. The number of carbonyl (C=O) groups excluding carboxylic acids is 1. The maximum Gasteiger partial charge on any atom is 0.410 e. The molecule has 0 bridgehead atoms. The van der Waals surface area contributed by atoms with E-state index in [9.17, 15) is 4.79 Å². The molecule has 2 N–H and O–H groups in total. The second-order valence-electron chi connectivity index (χ2n) is 6.41. The van der Waals surface area contributed by atoms with Crippen LogP contribution in [0.4, 0.5) is 4.79 Å². The molecule has 5 nitrogen and oxygen atoms in total. The van der Waals surface area contributed by atoms with Crippen molar-refractivity contribution in [3.63, 3.8) is 0 Å². The lowest BCUT2D eigenvalue weighted by Crippen LogP contribution is -2.42. The third-order valence-electron chi connectivity index (χ3n) is 3.26. The van der Waals surface area contributed by atoms with Crippen LogP contribution >= 0.6 is 0 Å². The van der Waals surface area contributed by atoms with Gasteiger partial charge < -0.3 is 20.1 Å². The molecule has 1 amide bonds. The molecule has 21 heavy (non-hydrogen) atoms. The molecular formula is C16H24N2O3. The van der Waals surface area contributed by atoms with Gasteiger partial charge in [0.25, 0.3) is 0 Å². The minimum atomic E-state index is -0.505. The molecule has 0 aromatic heterocycles. The fourth-order valence-electron chi connectivity index (χ4n) is 2.36. The van der Waals surface area contributed by atoms with Crippen molar-refractivity contribution in [1.82, 2.24) is 4.90 Å². The minimum Gasteiger partial charge on any atom is -0.491 e. The Hall–Kier alpha value is -1.75. The smallest absolute Gasteiger partial charge is 0.410 e. The van der Waals surface area contributed by atoms with E-state index in [1.54, 1.807) is 4.90 Å². The quantitative estimate of drug-likeness (QED) is 0.929. The van der Waals surface area contributed by atoms with Gasteiger partial charge >= 0.3 is 6.09 Å². The van der Waals surface area contributed by atoms with E-state index < -0.39 is 5.60 Å². The van der Waals surface area contributed by atoms with Crippen molar-refractivity contribution < 1.29 is 14.3 Å². The summed E-state index contributed by atoms with van der Waals surface area (Å²) in [7, 11) is 0. The molecule has 1 aromatic rings. The number of hydrogen-bond donors (Lipinski definition) is 1. The van der Waals surface area contributed by atoms with E-state index in [-0.39, 0.29) is 18.2 Å². The van der Waals surface area contributed by atoms with E-state index in [4.69, 9.17) is 15.2 Å². The molecule has 1 aliphatic heterocycles. The maximum absolute atomic E-state index is 12.2. The van der Waals surface area contributed by atoms with E-state index in [1.165, 1.54) is 0 Å². The molecule has 1 heterocycles. The van der Waals surface area contributed by atoms with Gasteiger partial charge in [-0.1, -0.05) is 18.2 Å². The molecule has 0 saturated carbocycles. The van der Waals surface area contributed by atoms with Crippen LogP contribution in [0.15, 0.2) is 30.3 Å². The molecule has 0 unspecified atom stereocenters. The minimum absolute atomic E-state index is 0.0260. The highest BCUT2D eigenvalue weighted by molar-refractivity contribution is 5.69. The zero-order valence-electron chi connectivity index (χ0n) is 12.9. The van der Waals surface area contributed by atoms with E-state index in [1.807, 2.05) is 51.1 Å². The highest BCUT2D eigenvalue weighted by Gasteiger charge is 2.36. The van der Waals surface area contributed by atoms with Gasteiger partial charge in [-0.05, 0) is 39.3 Å². The Bertz CT molecular complexity index is 470. The topological polar surface area (TPSA) is 64.8 Å². The van der Waals surface area contributed by atoms with Crippen molar-refractivity contribution in [2.45, 2.75) is 44.9 Å². The average molecular weight is 292 g/mol. The van der Waals surface area contributed by atoms with Crippen LogP contribution in [0.5, 0.6) is 5.75 Å². The molecular weight excluding hydrogens is 268 g/mol. The number of rotatable bonds is 3. The van der Waals surface area contributed by atoms with Crippen LogP contribution in [0.25, 0.3) is 0 Å². The van der Waals surface area contributed by atoms with Crippen molar-refractivity contribution in [3.8, 4) is 5.75 Å². The summed E-state index contributed by atoms with van der Waals surface area (Å²) in [6, 6.07) is 9.49. The Morgan fingerprint density at radius 1 is 1.33 bits per heavy atom. The number of nitrogens with two attached hydrogens (primary N) is 1. The monoisotopic (exact) mass is 292 g/mol. The van der Waals surface area contributed by atoms with Crippen LogP contribution in [0.2, 0.25) is 0 Å². The molecule has 0 spiro atoms. The third kappa shape index (κ3) is 4.63. The number of hydrogen-bond acceptors (Lipinski definition) is 4. The Kier molecular flexibility index (Phi) is 4.73. The number of benzene rings is 1. The first-order chi connectivity index (χ1) is 9.85. The largest absolute Gasteiger partial charge is 0.491 e. The zero-order chi connectivity index (χ0) is 15.5. The summed E-state index contributed by atoms with van der Waals surface area (Å²) in [5, 5.41) is 0. The van der Waals surface area contributed by atoms with Crippen LogP contribution in [0.3, 0.4) is 0 Å². The molecule has 1 fully saturated rings. The van der Waals surface area contributed by atoms with Crippen molar-refractivity contribution in [3.05, 3.63) is 30.3 Å². The molecule has 116 valence electrons. The molecule has 1 saturated heterocycles. The van der Waals surface area contributed by atoms with E-state index in [2.05, 4.69) is 0 Å². The van der Waals surface area contributed by atoms with Crippen LogP contribution < -0.4 is 10.5 Å². The van der Waals surface area contributed by atoms with Crippen molar-refractivity contribution in [2.24, 2.45) is 5.73 Å². The number of amides is 1. The van der Waals surface area contributed by atoms with Crippen LogP contribution in [-0.2, 0) is 4.74 Å². The lowest BCUT2D eigenvalue weighted by molar-refractivity contribution is 0.0186. The van der Waals surface area contributed by atoms with Crippen molar-refractivity contribution >= 4 is 6.09 Å². The summed E-state index contributed by atoms with van der Waals surface area (Å²) in [5.41, 5.74) is 5.48. The molecule has 1 aromatic carbocycles. The van der Waals surface area contributed by atoms with E-state index in [0.717, 1.165) is 12.2 Å². The summed E-state index contributed by atoms with van der Waals surface area (Å²) in [5.74, 6) is 0.794. The fourth-order valence-corrected chi connectivity index (χ4v) is 2.36. The normalized spacial score (nSPS) is 22.2.